The number of aromatic nitrogens is 2. The standard InChI is InChI=1S/C22H24N4O7S2/c1-12-10-16(29-2)19(21(24-12)30-3)35(27,28)26-20-17-15(33-25-20)11-14(32-22-23-7-9-34-22)13-6-4-5-8-31-18(13)17/h7,9-11,20,25-26H,4-6,8H2,1-3H3. The first kappa shape index (κ1) is 23.6. The fraction of sp³-hybridized carbons (Fsp3) is 0.364. The summed E-state index contributed by atoms with van der Waals surface area (Å²) in [6, 6.07) is 3.25. The highest BCUT2D eigenvalue weighted by Crippen LogP contribution is 2.48. The van der Waals surface area contributed by atoms with Crippen LogP contribution in [0.5, 0.6) is 34.1 Å². The molecule has 1 aromatic carbocycles. The van der Waals surface area contributed by atoms with Crippen LogP contribution in [0.2, 0.25) is 0 Å². The zero-order chi connectivity index (χ0) is 24.6. The molecule has 13 heteroatoms. The number of ether oxygens (including phenoxy) is 4. The van der Waals surface area contributed by atoms with Gasteiger partial charge in [-0.3, -0.25) is 0 Å². The third kappa shape index (κ3) is 4.47. The molecule has 1 unspecified atom stereocenters. The molecule has 2 aliphatic heterocycles. The summed E-state index contributed by atoms with van der Waals surface area (Å²) in [5, 5.41) is 2.31. The van der Waals surface area contributed by atoms with Crippen LogP contribution in [0.4, 0.5) is 0 Å². The Labute approximate surface area is 206 Å². The van der Waals surface area contributed by atoms with E-state index >= 15 is 0 Å². The van der Waals surface area contributed by atoms with Gasteiger partial charge >= 0.3 is 0 Å². The first-order valence-corrected chi connectivity index (χ1v) is 13.2. The number of fused-ring (bicyclic) bond motifs is 3. The molecule has 11 nitrogen and oxygen atoms in total. The van der Waals surface area contributed by atoms with E-state index in [0.717, 1.165) is 18.4 Å². The average molecular weight is 521 g/mol. The number of hydroxylamine groups is 1. The molecule has 5 rings (SSSR count). The number of nitrogens with zero attached hydrogens (tertiary/aromatic N) is 2. The van der Waals surface area contributed by atoms with Crippen molar-refractivity contribution >= 4 is 21.4 Å². The predicted octanol–water partition coefficient (Wildman–Crippen LogP) is 3.25. The van der Waals surface area contributed by atoms with Crippen molar-refractivity contribution in [1.82, 2.24) is 20.2 Å². The van der Waals surface area contributed by atoms with Gasteiger partial charge in [-0.1, -0.05) is 11.3 Å². The smallest absolute Gasteiger partial charge is 0.278 e. The molecule has 1 atom stereocenters. The minimum Gasteiger partial charge on any atom is -0.495 e. The fourth-order valence-corrected chi connectivity index (χ4v) is 5.93. The van der Waals surface area contributed by atoms with Crippen LogP contribution in [-0.2, 0) is 16.4 Å². The van der Waals surface area contributed by atoms with Gasteiger partial charge in [-0.2, -0.15) is 4.72 Å². The van der Waals surface area contributed by atoms with Gasteiger partial charge in [0.05, 0.1) is 26.4 Å². The van der Waals surface area contributed by atoms with Crippen molar-refractivity contribution in [1.29, 1.82) is 0 Å². The summed E-state index contributed by atoms with van der Waals surface area (Å²) in [7, 11) is -1.44. The molecule has 0 aliphatic carbocycles. The molecule has 4 heterocycles. The Morgan fingerprint density at radius 2 is 2.06 bits per heavy atom. The van der Waals surface area contributed by atoms with Crippen molar-refractivity contribution in [3.63, 3.8) is 0 Å². The molecule has 0 radical (unpaired) electrons. The van der Waals surface area contributed by atoms with E-state index in [2.05, 4.69) is 20.2 Å². The van der Waals surface area contributed by atoms with Crippen molar-refractivity contribution in [2.24, 2.45) is 0 Å². The zero-order valence-corrected chi connectivity index (χ0v) is 20.9. The molecule has 0 bridgehead atoms. The third-order valence-electron chi connectivity index (χ3n) is 5.58. The van der Waals surface area contributed by atoms with E-state index in [0.29, 0.717) is 46.7 Å². The summed E-state index contributed by atoms with van der Waals surface area (Å²) in [6.45, 7) is 2.21. The van der Waals surface area contributed by atoms with Crippen molar-refractivity contribution in [3.05, 3.63) is 40.5 Å². The molecule has 0 saturated heterocycles. The van der Waals surface area contributed by atoms with Crippen molar-refractivity contribution in [3.8, 4) is 34.1 Å². The monoisotopic (exact) mass is 520 g/mol. The van der Waals surface area contributed by atoms with Crippen LogP contribution in [0, 0.1) is 6.92 Å². The van der Waals surface area contributed by atoms with Crippen LogP contribution in [0.1, 0.15) is 35.8 Å². The van der Waals surface area contributed by atoms with Gasteiger partial charge in [-0.15, -0.1) is 5.48 Å². The summed E-state index contributed by atoms with van der Waals surface area (Å²) < 4.78 is 52.3. The lowest BCUT2D eigenvalue weighted by molar-refractivity contribution is 0.187. The second kappa shape index (κ2) is 9.49. The third-order valence-corrected chi connectivity index (χ3v) is 7.69. The van der Waals surface area contributed by atoms with E-state index in [-0.39, 0.29) is 16.5 Å². The molecule has 2 N–H and O–H groups in total. The Balaban J connectivity index is 1.55. The number of benzene rings is 1. The molecular weight excluding hydrogens is 496 g/mol. The van der Waals surface area contributed by atoms with E-state index < -0.39 is 16.2 Å². The largest absolute Gasteiger partial charge is 0.495 e. The molecule has 2 aliphatic rings. The fourth-order valence-electron chi connectivity index (χ4n) is 4.07. The predicted molar refractivity (Wildman–Crippen MR) is 126 cm³/mol. The highest BCUT2D eigenvalue weighted by atomic mass is 32.2. The van der Waals surface area contributed by atoms with Crippen LogP contribution in [0.3, 0.4) is 0 Å². The van der Waals surface area contributed by atoms with E-state index in [4.69, 9.17) is 23.8 Å². The number of hydrogen-bond donors (Lipinski definition) is 2. The first-order chi connectivity index (χ1) is 16.9. The van der Waals surface area contributed by atoms with Crippen LogP contribution in [0.15, 0.2) is 28.6 Å². The van der Waals surface area contributed by atoms with E-state index in [1.54, 1.807) is 19.2 Å². The topological polar surface area (TPSA) is 130 Å². The lowest BCUT2D eigenvalue weighted by Crippen LogP contribution is -2.36. The second-order valence-corrected chi connectivity index (χ2v) is 10.4. The number of nitrogens with one attached hydrogen (secondary N) is 2. The van der Waals surface area contributed by atoms with Crippen LogP contribution < -0.4 is 34.0 Å². The van der Waals surface area contributed by atoms with Gasteiger partial charge in [0.25, 0.3) is 15.2 Å². The number of hydrogen-bond acceptors (Lipinski definition) is 11. The number of sulfonamides is 1. The van der Waals surface area contributed by atoms with Crippen LogP contribution >= 0.6 is 11.3 Å². The molecule has 0 saturated carbocycles. The number of thiazole rings is 1. The van der Waals surface area contributed by atoms with Crippen molar-refractivity contribution < 1.29 is 32.2 Å². The minimum atomic E-state index is -4.18. The maximum atomic E-state index is 13.5. The van der Waals surface area contributed by atoms with Gasteiger partial charge in [0, 0.05) is 35.0 Å². The SMILES string of the molecule is COc1cc(C)nc(OC)c1S(=O)(=O)NC1NOc2cc(Oc3nccs3)c3c(c21)OCCCC3. The minimum absolute atomic E-state index is 0.0734. The molecule has 0 amide bonds. The lowest BCUT2D eigenvalue weighted by Gasteiger charge is -2.19. The van der Waals surface area contributed by atoms with Crippen molar-refractivity contribution in [2.75, 3.05) is 20.8 Å². The second-order valence-electron chi connectivity index (χ2n) is 7.88. The number of pyridine rings is 1. The van der Waals surface area contributed by atoms with Gasteiger partial charge in [-0.05, 0) is 26.2 Å². The van der Waals surface area contributed by atoms with Crippen LogP contribution in [-0.4, -0.2) is 39.2 Å². The Bertz CT molecular complexity index is 1320. The molecular formula is C22H24N4O7S2. The molecule has 35 heavy (non-hydrogen) atoms. The van der Waals surface area contributed by atoms with Gasteiger partial charge < -0.3 is 23.8 Å². The Kier molecular flexibility index (Phi) is 6.40. The van der Waals surface area contributed by atoms with Gasteiger partial charge in [0.1, 0.15) is 23.4 Å². The molecule has 0 fully saturated rings. The maximum absolute atomic E-state index is 13.5. The van der Waals surface area contributed by atoms with Gasteiger partial charge in [0.15, 0.2) is 10.6 Å². The summed E-state index contributed by atoms with van der Waals surface area (Å²) in [6.07, 6.45) is 3.18. The quantitative estimate of drug-likeness (QED) is 0.479. The number of aryl methyl sites for hydroxylation is 1. The Morgan fingerprint density at radius 1 is 1.20 bits per heavy atom. The maximum Gasteiger partial charge on any atom is 0.278 e. The van der Waals surface area contributed by atoms with Gasteiger partial charge in [0.2, 0.25) is 5.88 Å². The lowest BCUT2D eigenvalue weighted by atomic mass is 10.0. The summed E-state index contributed by atoms with van der Waals surface area (Å²) in [5.74, 6) is 1.53. The summed E-state index contributed by atoms with van der Waals surface area (Å²) >= 11 is 1.37. The number of methoxy groups -OCH3 is 2. The molecule has 186 valence electrons. The van der Waals surface area contributed by atoms with E-state index in [1.165, 1.54) is 31.6 Å². The first-order valence-electron chi connectivity index (χ1n) is 10.9. The Morgan fingerprint density at radius 3 is 2.80 bits per heavy atom. The normalized spacial score (nSPS) is 16.9. The number of rotatable bonds is 7. The molecule has 2 aromatic heterocycles. The highest BCUT2D eigenvalue weighted by Gasteiger charge is 2.38. The molecule has 0 spiro atoms. The van der Waals surface area contributed by atoms with Crippen LogP contribution in [0.25, 0.3) is 0 Å². The summed E-state index contributed by atoms with van der Waals surface area (Å²) in [4.78, 5) is 13.8. The van der Waals surface area contributed by atoms with E-state index in [9.17, 15) is 8.42 Å². The van der Waals surface area contributed by atoms with Gasteiger partial charge in [-0.25, -0.2) is 18.4 Å². The average Bonchev–Trinajstić information content (AvgIpc) is 3.41. The Hall–Kier alpha value is -3.13. The van der Waals surface area contributed by atoms with Crippen molar-refractivity contribution in [2.45, 2.75) is 37.2 Å². The molecule has 3 aromatic rings. The summed E-state index contributed by atoms with van der Waals surface area (Å²) in [5.41, 5.74) is 4.67. The zero-order valence-electron chi connectivity index (χ0n) is 19.3. The van der Waals surface area contributed by atoms with E-state index in [1.807, 2.05) is 5.38 Å². The highest BCUT2D eigenvalue weighted by molar-refractivity contribution is 7.89.